The molecular weight excluding hydrogens is 316 g/mol. The summed E-state index contributed by atoms with van der Waals surface area (Å²) in [4.78, 5) is 0. The summed E-state index contributed by atoms with van der Waals surface area (Å²) >= 11 is 4.30. The van der Waals surface area contributed by atoms with Crippen LogP contribution in [-0.2, 0) is 18.6 Å². The Morgan fingerprint density at radius 2 is 1.25 bits per heavy atom. The predicted molar refractivity (Wildman–Crippen MR) is 33.8 cm³/mol. The molecule has 0 aromatic rings. The van der Waals surface area contributed by atoms with Gasteiger partial charge in [0.25, 0.3) is 2.99 Å². The minimum absolute atomic E-state index is 0. The second kappa shape index (κ2) is 8.92. The maximum Gasteiger partial charge on any atom is 0.283 e. The minimum atomic E-state index is 0. The first-order valence-corrected chi connectivity index (χ1v) is 2.93. The summed E-state index contributed by atoms with van der Waals surface area (Å²) in [6.07, 6.45) is 0. The van der Waals surface area contributed by atoms with Crippen molar-refractivity contribution in [1.29, 1.82) is 0 Å². The first-order chi connectivity index (χ1) is 1.41. The summed E-state index contributed by atoms with van der Waals surface area (Å²) < 4.78 is 1.94. The molecule has 4 heteroatoms. The van der Waals surface area contributed by atoms with Crippen LogP contribution in [0.5, 0.6) is 0 Å². The van der Waals surface area contributed by atoms with Crippen LogP contribution in [0.3, 0.4) is 0 Å². The van der Waals surface area contributed by atoms with Crippen molar-refractivity contribution >= 4 is 47.7 Å². The molecule has 0 bridgehead atoms. The molecule has 0 aromatic carbocycles. The van der Waals surface area contributed by atoms with Gasteiger partial charge in [0.1, 0.15) is 0 Å². The number of rotatable bonds is 0. The van der Waals surface area contributed by atoms with Gasteiger partial charge in [-0.15, -0.1) is 44.7 Å². The Hall–Kier alpha value is 2.11. The Kier molecular flexibility index (Phi) is 21.1. The van der Waals surface area contributed by atoms with E-state index < -0.39 is 0 Å². The fourth-order valence-corrected chi connectivity index (χ4v) is 0. The van der Waals surface area contributed by atoms with E-state index in [1.54, 1.807) is 0 Å². The quantitative estimate of drug-likeness (QED) is 0.468. The zero-order chi connectivity index (χ0) is 2.71. The average Bonchev–Trinajstić information content (AvgIpc) is 0.918. The summed E-state index contributed by atoms with van der Waals surface area (Å²) in [5.74, 6) is 0. The van der Waals surface area contributed by atoms with Crippen molar-refractivity contribution in [2.75, 3.05) is 0 Å². The van der Waals surface area contributed by atoms with Gasteiger partial charge >= 0.3 is 0 Å². The average molecular weight is 316 g/mol. The summed E-state index contributed by atoms with van der Waals surface area (Å²) in [5.41, 5.74) is 0. The first-order valence-electron chi connectivity index (χ1n) is 0.436. The van der Waals surface area contributed by atoms with Crippen LogP contribution in [0.15, 0.2) is 0 Å². The van der Waals surface area contributed by atoms with Crippen molar-refractivity contribution in [2.45, 2.75) is 0 Å². The monoisotopic (exact) mass is 316 g/mol. The Labute approximate surface area is 65.4 Å². The van der Waals surface area contributed by atoms with Crippen LogP contribution in [0.4, 0.5) is 0 Å². The van der Waals surface area contributed by atoms with Crippen LogP contribution < -0.4 is 0 Å². The van der Waals surface area contributed by atoms with Crippen LogP contribution >= 0.6 is 44.7 Å². The van der Waals surface area contributed by atoms with Gasteiger partial charge in [-0.1, -0.05) is 0 Å². The second-order valence-corrected chi connectivity index (χ2v) is 3.71. The molecule has 0 aliphatic heterocycles. The fourth-order valence-electron chi connectivity index (χ4n) is 0. The summed E-state index contributed by atoms with van der Waals surface area (Å²) in [6, 6.07) is 0. The second-order valence-electron chi connectivity index (χ2n) is 0.0825. The SMILES string of the molecule is I[B]I.[V]. The number of hydrogen-bond acceptors (Lipinski definition) is 0. The van der Waals surface area contributed by atoms with Gasteiger partial charge in [0.15, 0.2) is 0 Å². The molecule has 0 aliphatic rings. The molecule has 0 spiro atoms. The van der Waals surface area contributed by atoms with Gasteiger partial charge in [0.2, 0.25) is 0 Å². The Balaban J connectivity index is 0. The van der Waals surface area contributed by atoms with Crippen LogP contribution in [0.25, 0.3) is 0 Å². The fraction of sp³-hybridized carbons (Fsp3) is 0. The summed E-state index contributed by atoms with van der Waals surface area (Å²) in [7, 11) is 0. The van der Waals surface area contributed by atoms with Crippen molar-refractivity contribution in [3.05, 3.63) is 0 Å². The van der Waals surface area contributed by atoms with Crippen LogP contribution in [0.2, 0.25) is 0 Å². The van der Waals surface area contributed by atoms with E-state index >= 15 is 0 Å². The third-order valence-electron chi connectivity index (χ3n) is 0. The minimum Gasteiger partial charge on any atom is -0.142 e. The van der Waals surface area contributed by atoms with Gasteiger partial charge in [-0.25, -0.2) is 0 Å². The van der Waals surface area contributed by atoms with E-state index in [1.165, 1.54) is 0 Å². The molecule has 0 saturated carbocycles. The van der Waals surface area contributed by atoms with E-state index in [0.717, 1.165) is 0 Å². The summed E-state index contributed by atoms with van der Waals surface area (Å²) in [5, 5.41) is 0. The van der Waals surface area contributed by atoms with Crippen molar-refractivity contribution in [3.63, 3.8) is 0 Å². The number of hydrogen-bond donors (Lipinski definition) is 0. The van der Waals surface area contributed by atoms with Gasteiger partial charge in [-0.3, -0.25) is 0 Å². The van der Waals surface area contributed by atoms with Gasteiger partial charge in [-0.05, 0) is 0 Å². The summed E-state index contributed by atoms with van der Waals surface area (Å²) in [6.45, 7) is 0. The molecular formula is BI2V. The van der Waals surface area contributed by atoms with Crippen molar-refractivity contribution in [2.24, 2.45) is 0 Å². The topological polar surface area (TPSA) is 0 Å². The molecule has 2 radical (unpaired) electrons. The standard InChI is InChI=1S/BI2.V/c2-1-3;. The van der Waals surface area contributed by atoms with Crippen LogP contribution in [-0.4, -0.2) is 2.99 Å². The largest absolute Gasteiger partial charge is 0.283 e. The van der Waals surface area contributed by atoms with Crippen molar-refractivity contribution in [3.8, 4) is 0 Å². The molecule has 0 aromatic heterocycles. The molecule has 0 N–H and O–H groups in total. The Morgan fingerprint density at radius 1 is 1.25 bits per heavy atom. The van der Waals surface area contributed by atoms with E-state index in [-0.39, 0.29) is 18.6 Å². The molecule has 4 heavy (non-hydrogen) atoms. The van der Waals surface area contributed by atoms with E-state index in [2.05, 4.69) is 44.7 Å². The van der Waals surface area contributed by atoms with E-state index in [1.807, 2.05) is 2.99 Å². The predicted octanol–water partition coefficient (Wildman–Crippen LogP) is 1.39. The third-order valence-corrected chi connectivity index (χ3v) is 0. The van der Waals surface area contributed by atoms with Crippen molar-refractivity contribution in [1.82, 2.24) is 0 Å². The van der Waals surface area contributed by atoms with E-state index in [9.17, 15) is 0 Å². The zero-order valence-electron chi connectivity index (χ0n) is 1.78. The van der Waals surface area contributed by atoms with Crippen LogP contribution in [0.1, 0.15) is 0 Å². The van der Waals surface area contributed by atoms with Crippen LogP contribution in [0, 0.1) is 0 Å². The van der Waals surface area contributed by atoms with E-state index in [0.29, 0.717) is 0 Å². The third kappa shape index (κ3) is 8.93. The van der Waals surface area contributed by atoms with Gasteiger partial charge in [0.05, 0.1) is 0 Å². The maximum absolute atomic E-state index is 2.15. The first kappa shape index (κ1) is 9.44. The Morgan fingerprint density at radius 3 is 1.25 bits per heavy atom. The number of halogens is 2. The Bertz CT molecular complexity index is 6.00. The molecule has 0 fully saturated rings. The molecule has 0 atom stereocenters. The zero-order valence-corrected chi connectivity index (χ0v) is 7.49. The maximum atomic E-state index is 2.15. The van der Waals surface area contributed by atoms with Gasteiger partial charge < -0.3 is 0 Å². The molecule has 0 aliphatic carbocycles. The molecule has 0 nitrogen and oxygen atoms in total. The normalized spacial score (nSPS) is 3.50. The molecule has 0 saturated heterocycles. The van der Waals surface area contributed by atoms with E-state index in [4.69, 9.17) is 0 Å². The molecule has 0 unspecified atom stereocenters. The van der Waals surface area contributed by atoms with Gasteiger partial charge in [-0.2, -0.15) is 0 Å². The molecule has 0 heterocycles. The molecule has 0 rings (SSSR count). The van der Waals surface area contributed by atoms with Crippen molar-refractivity contribution < 1.29 is 18.6 Å². The molecule has 22 valence electrons. The smallest absolute Gasteiger partial charge is 0.142 e. The van der Waals surface area contributed by atoms with Gasteiger partial charge in [0, 0.05) is 18.6 Å². The molecule has 0 amide bonds.